The summed E-state index contributed by atoms with van der Waals surface area (Å²) in [5.74, 6) is -0.395. The number of fused-ring (bicyclic) bond motifs is 1. The van der Waals surface area contributed by atoms with Gasteiger partial charge in [-0.2, -0.15) is 4.31 Å². The summed E-state index contributed by atoms with van der Waals surface area (Å²) in [5.41, 5.74) is 2.01. The van der Waals surface area contributed by atoms with Crippen molar-refractivity contribution in [3.63, 3.8) is 0 Å². The summed E-state index contributed by atoms with van der Waals surface area (Å²) in [6.45, 7) is 2.69. The minimum atomic E-state index is -3.71. The number of pyridine rings is 1. The van der Waals surface area contributed by atoms with Crippen molar-refractivity contribution in [2.24, 2.45) is 0 Å². The van der Waals surface area contributed by atoms with Crippen LogP contribution < -0.4 is 5.32 Å². The number of carbonyl (C=O) groups is 1. The van der Waals surface area contributed by atoms with E-state index in [1.165, 1.54) is 16.4 Å². The smallest absolute Gasteiger partial charge is 0.257 e. The van der Waals surface area contributed by atoms with Crippen molar-refractivity contribution in [2.75, 3.05) is 18.4 Å². The molecule has 1 N–H and O–H groups in total. The topological polar surface area (TPSA) is 79.4 Å². The lowest BCUT2D eigenvalue weighted by atomic mass is 10.1. The van der Waals surface area contributed by atoms with Gasteiger partial charge >= 0.3 is 0 Å². The van der Waals surface area contributed by atoms with Gasteiger partial charge in [0.2, 0.25) is 10.0 Å². The average molecular weight is 464 g/mol. The molecule has 1 aliphatic rings. The van der Waals surface area contributed by atoms with Crippen molar-refractivity contribution in [1.82, 2.24) is 9.29 Å². The second-order valence-electron chi connectivity index (χ2n) is 7.17. The lowest BCUT2D eigenvalue weighted by Crippen LogP contribution is -2.28. The Balaban J connectivity index is 1.65. The molecule has 0 unspecified atom stereocenters. The maximum Gasteiger partial charge on any atom is 0.257 e. The monoisotopic (exact) mass is 463 g/mol. The number of carbonyl (C=O) groups excluding carboxylic acids is 1. The van der Waals surface area contributed by atoms with Gasteiger partial charge in [0.15, 0.2) is 0 Å². The molecule has 1 fully saturated rings. The van der Waals surface area contributed by atoms with Gasteiger partial charge in [0.1, 0.15) is 4.90 Å². The molecular formula is C21H19Cl2N3O3S. The fourth-order valence-corrected chi connectivity index (χ4v) is 5.72. The molecule has 1 saturated heterocycles. The lowest BCUT2D eigenvalue weighted by molar-refractivity contribution is 0.102. The molecule has 1 aromatic heterocycles. The Labute approximate surface area is 184 Å². The molecule has 0 atom stereocenters. The number of nitrogens with zero attached hydrogens (tertiary/aromatic N) is 2. The third-order valence-corrected chi connectivity index (χ3v) is 7.70. The molecule has 4 rings (SSSR count). The Morgan fingerprint density at radius 3 is 2.53 bits per heavy atom. The number of hydrogen-bond acceptors (Lipinski definition) is 4. The van der Waals surface area contributed by atoms with E-state index < -0.39 is 15.9 Å². The van der Waals surface area contributed by atoms with Gasteiger partial charge < -0.3 is 5.32 Å². The Morgan fingerprint density at radius 2 is 1.80 bits per heavy atom. The second-order valence-corrected chi connectivity index (χ2v) is 9.92. The minimum Gasteiger partial charge on any atom is -0.322 e. The maximum atomic E-state index is 12.9. The molecule has 9 heteroatoms. The molecule has 156 valence electrons. The Morgan fingerprint density at radius 1 is 1.07 bits per heavy atom. The summed E-state index contributed by atoms with van der Waals surface area (Å²) in [7, 11) is -3.71. The summed E-state index contributed by atoms with van der Waals surface area (Å²) >= 11 is 12.2. The van der Waals surface area contributed by atoms with Crippen molar-refractivity contribution in [2.45, 2.75) is 24.7 Å². The molecule has 0 spiro atoms. The van der Waals surface area contributed by atoms with Crippen LogP contribution in [0.2, 0.25) is 10.0 Å². The minimum absolute atomic E-state index is 0.0102. The van der Waals surface area contributed by atoms with Crippen LogP contribution >= 0.6 is 23.2 Å². The first-order valence-corrected chi connectivity index (χ1v) is 11.6. The zero-order valence-electron chi connectivity index (χ0n) is 16.2. The second kappa shape index (κ2) is 8.15. The number of rotatable bonds is 4. The van der Waals surface area contributed by atoms with Gasteiger partial charge in [0.25, 0.3) is 5.91 Å². The van der Waals surface area contributed by atoms with E-state index in [9.17, 15) is 13.2 Å². The Bertz CT molecular complexity index is 1260. The Hall–Kier alpha value is -2.19. The van der Waals surface area contributed by atoms with E-state index in [2.05, 4.69) is 10.3 Å². The highest BCUT2D eigenvalue weighted by molar-refractivity contribution is 7.89. The van der Waals surface area contributed by atoms with Crippen LogP contribution in [0.3, 0.4) is 0 Å². The molecule has 30 heavy (non-hydrogen) atoms. The zero-order valence-corrected chi connectivity index (χ0v) is 18.5. The number of sulfonamides is 1. The molecular weight excluding hydrogens is 445 g/mol. The van der Waals surface area contributed by atoms with E-state index in [1.807, 2.05) is 0 Å². The molecule has 1 amide bonds. The van der Waals surface area contributed by atoms with Crippen molar-refractivity contribution in [1.29, 1.82) is 0 Å². The molecule has 6 nitrogen and oxygen atoms in total. The van der Waals surface area contributed by atoms with E-state index >= 15 is 0 Å². The lowest BCUT2D eigenvalue weighted by Gasteiger charge is -2.17. The highest BCUT2D eigenvalue weighted by atomic mass is 35.5. The number of anilines is 1. The summed E-state index contributed by atoms with van der Waals surface area (Å²) < 4.78 is 27.2. The number of amides is 1. The largest absolute Gasteiger partial charge is 0.322 e. The fraction of sp³-hybridized carbons (Fsp3) is 0.238. The molecule has 0 bridgehead atoms. The van der Waals surface area contributed by atoms with Crippen molar-refractivity contribution < 1.29 is 13.2 Å². The van der Waals surface area contributed by atoms with E-state index in [0.717, 1.165) is 23.7 Å². The van der Waals surface area contributed by atoms with E-state index in [1.54, 1.807) is 37.3 Å². The molecule has 3 aromatic rings. The number of halogens is 2. The van der Waals surface area contributed by atoms with Crippen molar-refractivity contribution in [3.05, 3.63) is 63.8 Å². The third-order valence-electron chi connectivity index (χ3n) is 5.08. The molecule has 0 saturated carbocycles. The van der Waals surface area contributed by atoms with Crippen LogP contribution in [-0.4, -0.2) is 36.7 Å². The number of aromatic nitrogens is 1. The summed E-state index contributed by atoms with van der Waals surface area (Å²) in [6.07, 6.45) is 1.65. The first-order chi connectivity index (χ1) is 14.3. The molecule has 1 aliphatic heterocycles. The van der Waals surface area contributed by atoms with E-state index in [0.29, 0.717) is 35.1 Å². The SMILES string of the molecule is Cc1nc2ccc(Cl)cc2cc1C(=O)Nc1ccc(Cl)c(S(=O)(=O)N2CCCC2)c1. The van der Waals surface area contributed by atoms with Gasteiger partial charge in [0.05, 0.1) is 21.8 Å². The third kappa shape index (κ3) is 4.03. The van der Waals surface area contributed by atoms with E-state index in [4.69, 9.17) is 23.2 Å². The predicted molar refractivity (Wildman–Crippen MR) is 119 cm³/mol. The zero-order chi connectivity index (χ0) is 21.5. The number of aryl methyl sites for hydroxylation is 1. The van der Waals surface area contributed by atoms with Crippen LogP contribution in [0.5, 0.6) is 0 Å². The quantitative estimate of drug-likeness (QED) is 0.597. The Kier molecular flexibility index (Phi) is 5.72. The fourth-order valence-electron chi connectivity index (χ4n) is 3.52. The number of nitrogens with one attached hydrogen (secondary N) is 1. The highest BCUT2D eigenvalue weighted by Crippen LogP contribution is 2.30. The molecule has 2 heterocycles. The average Bonchev–Trinajstić information content (AvgIpc) is 3.25. The van der Waals surface area contributed by atoms with Gasteiger partial charge in [-0.1, -0.05) is 23.2 Å². The summed E-state index contributed by atoms with van der Waals surface area (Å²) in [4.78, 5) is 17.3. The first-order valence-electron chi connectivity index (χ1n) is 9.44. The maximum absolute atomic E-state index is 12.9. The van der Waals surface area contributed by atoms with Crippen molar-refractivity contribution in [3.8, 4) is 0 Å². The molecule has 0 radical (unpaired) electrons. The van der Waals surface area contributed by atoms with Crippen LogP contribution in [0, 0.1) is 6.92 Å². The first kappa shape index (κ1) is 21.1. The summed E-state index contributed by atoms with van der Waals surface area (Å²) in [5, 5.41) is 4.17. The van der Waals surface area contributed by atoms with Crippen LogP contribution in [0.15, 0.2) is 47.4 Å². The normalized spacial score (nSPS) is 14.9. The van der Waals surface area contributed by atoms with Crippen molar-refractivity contribution >= 4 is 55.7 Å². The van der Waals surface area contributed by atoms with Gasteiger partial charge in [-0.3, -0.25) is 9.78 Å². The standard InChI is InChI=1S/C21H19Cl2N3O3S/c1-13-17(11-14-10-15(22)4-7-19(14)24-13)21(27)25-16-5-6-18(23)20(12-16)30(28,29)26-8-2-3-9-26/h4-7,10-12H,2-3,8-9H2,1H3,(H,25,27). The highest BCUT2D eigenvalue weighted by Gasteiger charge is 2.29. The van der Waals surface area contributed by atoms with E-state index in [-0.39, 0.29) is 9.92 Å². The number of hydrogen-bond donors (Lipinski definition) is 1. The van der Waals surface area contributed by atoms with Gasteiger partial charge in [0, 0.05) is 29.2 Å². The van der Waals surface area contributed by atoms with Crippen LogP contribution in [0.4, 0.5) is 5.69 Å². The molecule has 0 aliphatic carbocycles. The van der Waals surface area contributed by atoms with Gasteiger partial charge in [-0.25, -0.2) is 8.42 Å². The van der Waals surface area contributed by atoms with Gasteiger partial charge in [-0.15, -0.1) is 0 Å². The van der Waals surface area contributed by atoms with Crippen LogP contribution in [0.1, 0.15) is 28.9 Å². The summed E-state index contributed by atoms with van der Waals surface area (Å²) in [6, 6.07) is 11.4. The van der Waals surface area contributed by atoms with Crippen LogP contribution in [-0.2, 0) is 10.0 Å². The van der Waals surface area contributed by atoms with Gasteiger partial charge in [-0.05, 0) is 62.2 Å². The molecule has 2 aromatic carbocycles. The van der Waals surface area contributed by atoms with Crippen LogP contribution in [0.25, 0.3) is 10.9 Å². The number of benzene rings is 2. The predicted octanol–water partition coefficient (Wildman–Crippen LogP) is 4.89.